The number of allylic oxidation sites excluding steroid dienone is 6. The fourth-order valence-corrected chi connectivity index (χ4v) is 7.20. The molecule has 344 valence electrons. The molecule has 59 heavy (non-hydrogen) atoms. The lowest BCUT2D eigenvalue weighted by Gasteiger charge is -2.18. The third-order valence-corrected chi connectivity index (χ3v) is 11.1. The molecule has 0 heterocycles. The smallest absolute Gasteiger partial charge is 0.306 e. The van der Waals surface area contributed by atoms with Gasteiger partial charge in [-0.25, -0.2) is 0 Å². The van der Waals surface area contributed by atoms with Crippen LogP contribution in [-0.2, 0) is 28.6 Å². The maximum Gasteiger partial charge on any atom is 0.306 e. The highest BCUT2D eigenvalue weighted by Crippen LogP contribution is 2.14. The van der Waals surface area contributed by atoms with Crippen molar-refractivity contribution in [1.82, 2.24) is 0 Å². The molecule has 6 nitrogen and oxygen atoms in total. The third-order valence-electron chi connectivity index (χ3n) is 11.1. The summed E-state index contributed by atoms with van der Waals surface area (Å²) >= 11 is 0. The zero-order valence-electron chi connectivity index (χ0n) is 39.3. The quantitative estimate of drug-likeness (QED) is 0.0263. The minimum atomic E-state index is -0.779. The predicted molar refractivity (Wildman–Crippen MR) is 252 cm³/mol. The first kappa shape index (κ1) is 56.6. The zero-order valence-corrected chi connectivity index (χ0v) is 39.3. The van der Waals surface area contributed by atoms with Crippen molar-refractivity contribution in [2.75, 3.05) is 13.2 Å². The molecule has 6 heteroatoms. The molecule has 0 saturated heterocycles. The highest BCUT2D eigenvalue weighted by atomic mass is 16.6. The van der Waals surface area contributed by atoms with E-state index in [1.54, 1.807) is 0 Å². The Hall–Kier alpha value is -2.37. The van der Waals surface area contributed by atoms with Gasteiger partial charge in [0.1, 0.15) is 13.2 Å². The highest BCUT2D eigenvalue weighted by Gasteiger charge is 2.19. The molecule has 1 unspecified atom stereocenters. The Morgan fingerprint density at radius 1 is 0.322 bits per heavy atom. The van der Waals surface area contributed by atoms with E-state index in [2.05, 4.69) is 57.2 Å². The average Bonchev–Trinajstić information content (AvgIpc) is 3.23. The van der Waals surface area contributed by atoms with Gasteiger partial charge in [0.25, 0.3) is 0 Å². The molecule has 0 spiro atoms. The fraction of sp³-hybridized carbons (Fsp3) is 0.830. The van der Waals surface area contributed by atoms with E-state index in [-0.39, 0.29) is 31.1 Å². The van der Waals surface area contributed by atoms with Crippen molar-refractivity contribution in [3.63, 3.8) is 0 Å². The summed E-state index contributed by atoms with van der Waals surface area (Å²) in [6.07, 6.45) is 55.6. The second-order valence-electron chi connectivity index (χ2n) is 17.1. The first-order valence-electron chi connectivity index (χ1n) is 25.5. The van der Waals surface area contributed by atoms with Crippen molar-refractivity contribution in [3.8, 4) is 0 Å². The summed E-state index contributed by atoms with van der Waals surface area (Å²) in [6.45, 7) is 6.56. The van der Waals surface area contributed by atoms with Crippen LogP contribution in [0.15, 0.2) is 36.5 Å². The topological polar surface area (TPSA) is 78.9 Å². The summed E-state index contributed by atoms with van der Waals surface area (Å²) in [7, 11) is 0. The van der Waals surface area contributed by atoms with Crippen LogP contribution in [0.4, 0.5) is 0 Å². The first-order valence-corrected chi connectivity index (χ1v) is 25.5. The van der Waals surface area contributed by atoms with Crippen LogP contribution in [0.5, 0.6) is 0 Å². The number of carbonyl (C=O) groups is 3. The van der Waals surface area contributed by atoms with Gasteiger partial charge in [0, 0.05) is 19.3 Å². The first-order chi connectivity index (χ1) is 29.0. The SMILES string of the molecule is CCC/C=C\CCCCCCCC(=O)OCC(COC(=O)CCCCCCC/C=C\CCCCCCCCC)OC(=O)CCCCCCC/C=C\CCCCCCCC. The molecule has 0 N–H and O–H groups in total. The number of rotatable bonds is 46. The van der Waals surface area contributed by atoms with Gasteiger partial charge in [-0.1, -0.05) is 192 Å². The highest BCUT2D eigenvalue weighted by molar-refractivity contribution is 5.71. The van der Waals surface area contributed by atoms with Crippen molar-refractivity contribution < 1.29 is 28.6 Å². The lowest BCUT2D eigenvalue weighted by molar-refractivity contribution is -0.167. The van der Waals surface area contributed by atoms with E-state index in [4.69, 9.17) is 14.2 Å². The Morgan fingerprint density at radius 3 is 0.915 bits per heavy atom. The largest absolute Gasteiger partial charge is 0.462 e. The molecule has 0 aromatic carbocycles. The molecule has 0 bridgehead atoms. The standard InChI is InChI=1S/C53H96O6/c1-4-7-10-13-16-19-22-24-26-28-29-31-34-37-40-43-46-52(55)58-49-50(48-57-51(54)45-42-39-36-33-21-18-15-12-9-6-3)59-53(56)47-44-41-38-35-32-30-27-25-23-20-17-14-11-8-5-2/h12,15,25-28,50H,4-11,13-14,16-24,29-49H2,1-3H3/b15-12-,27-25-,28-26-. The molecule has 0 aliphatic carbocycles. The van der Waals surface area contributed by atoms with Crippen molar-refractivity contribution in [3.05, 3.63) is 36.5 Å². The number of unbranched alkanes of at least 4 members (excludes halogenated alkanes) is 29. The van der Waals surface area contributed by atoms with Gasteiger partial charge in [-0.15, -0.1) is 0 Å². The van der Waals surface area contributed by atoms with E-state index in [0.717, 1.165) is 89.9 Å². The van der Waals surface area contributed by atoms with Crippen LogP contribution < -0.4 is 0 Å². The van der Waals surface area contributed by atoms with Crippen LogP contribution in [0.25, 0.3) is 0 Å². The minimum Gasteiger partial charge on any atom is -0.462 e. The molecule has 1 atom stereocenters. The van der Waals surface area contributed by atoms with Crippen LogP contribution >= 0.6 is 0 Å². The van der Waals surface area contributed by atoms with Gasteiger partial charge in [-0.3, -0.25) is 14.4 Å². The van der Waals surface area contributed by atoms with E-state index < -0.39 is 6.10 Å². The van der Waals surface area contributed by atoms with E-state index >= 15 is 0 Å². The van der Waals surface area contributed by atoms with Crippen molar-refractivity contribution in [2.45, 2.75) is 271 Å². The Bertz CT molecular complexity index is 1000. The van der Waals surface area contributed by atoms with Gasteiger partial charge in [0.15, 0.2) is 6.10 Å². The Labute approximate surface area is 365 Å². The molecule has 0 rings (SSSR count). The summed E-state index contributed by atoms with van der Waals surface area (Å²) in [6, 6.07) is 0. The molecule has 0 aromatic heterocycles. The van der Waals surface area contributed by atoms with Crippen molar-refractivity contribution >= 4 is 17.9 Å². The van der Waals surface area contributed by atoms with Crippen LogP contribution in [0.2, 0.25) is 0 Å². The molecule has 0 saturated carbocycles. The number of carbonyl (C=O) groups excluding carboxylic acids is 3. The monoisotopic (exact) mass is 829 g/mol. The molecular formula is C53H96O6. The molecule has 0 amide bonds. The van der Waals surface area contributed by atoms with Crippen molar-refractivity contribution in [2.24, 2.45) is 0 Å². The van der Waals surface area contributed by atoms with Gasteiger partial charge < -0.3 is 14.2 Å². The van der Waals surface area contributed by atoms with E-state index in [9.17, 15) is 14.4 Å². The Kier molecular flexibility index (Phi) is 46.4. The van der Waals surface area contributed by atoms with Crippen LogP contribution in [0.3, 0.4) is 0 Å². The summed E-state index contributed by atoms with van der Waals surface area (Å²) in [4.78, 5) is 37.9. The molecule has 0 aliphatic heterocycles. The minimum absolute atomic E-state index is 0.0812. The summed E-state index contributed by atoms with van der Waals surface area (Å²) in [5.74, 6) is -0.901. The average molecular weight is 829 g/mol. The summed E-state index contributed by atoms with van der Waals surface area (Å²) in [5.41, 5.74) is 0. The molecule has 0 radical (unpaired) electrons. The van der Waals surface area contributed by atoms with Gasteiger partial charge in [0.05, 0.1) is 0 Å². The number of esters is 3. The van der Waals surface area contributed by atoms with Crippen molar-refractivity contribution in [1.29, 1.82) is 0 Å². The van der Waals surface area contributed by atoms with Gasteiger partial charge in [-0.2, -0.15) is 0 Å². The fourth-order valence-electron chi connectivity index (χ4n) is 7.20. The Morgan fingerprint density at radius 2 is 0.593 bits per heavy atom. The predicted octanol–water partition coefficient (Wildman–Crippen LogP) is 16.5. The normalized spacial score (nSPS) is 12.3. The lowest BCUT2D eigenvalue weighted by Crippen LogP contribution is -2.30. The van der Waals surface area contributed by atoms with Crippen LogP contribution in [-0.4, -0.2) is 37.2 Å². The Balaban J connectivity index is 4.36. The second kappa shape index (κ2) is 48.3. The molecule has 0 aliphatic rings. The van der Waals surface area contributed by atoms with Gasteiger partial charge >= 0.3 is 17.9 Å². The molecule has 0 fully saturated rings. The summed E-state index contributed by atoms with van der Waals surface area (Å²) in [5, 5.41) is 0. The second-order valence-corrected chi connectivity index (χ2v) is 17.1. The molecule has 0 aromatic rings. The van der Waals surface area contributed by atoms with Gasteiger partial charge in [-0.05, 0) is 89.9 Å². The number of hydrogen-bond acceptors (Lipinski definition) is 6. The van der Waals surface area contributed by atoms with E-state index in [0.29, 0.717) is 19.3 Å². The van der Waals surface area contributed by atoms with Crippen LogP contribution in [0, 0.1) is 0 Å². The summed E-state index contributed by atoms with van der Waals surface area (Å²) < 4.78 is 16.7. The number of ether oxygens (including phenoxy) is 3. The van der Waals surface area contributed by atoms with Gasteiger partial charge in [0.2, 0.25) is 0 Å². The maximum atomic E-state index is 12.8. The molecular weight excluding hydrogens is 733 g/mol. The number of hydrogen-bond donors (Lipinski definition) is 0. The zero-order chi connectivity index (χ0) is 43.0. The van der Waals surface area contributed by atoms with E-state index in [1.165, 1.54) is 135 Å². The maximum absolute atomic E-state index is 12.8. The third kappa shape index (κ3) is 46.5. The van der Waals surface area contributed by atoms with Crippen LogP contribution in [0.1, 0.15) is 265 Å². The van der Waals surface area contributed by atoms with E-state index in [1.807, 2.05) is 0 Å². The lowest BCUT2D eigenvalue weighted by atomic mass is 10.1.